The van der Waals surface area contributed by atoms with Crippen LogP contribution < -0.4 is 9.64 Å². The third-order valence-corrected chi connectivity index (χ3v) is 8.59. The minimum absolute atomic E-state index is 0.00204. The first-order valence-corrected chi connectivity index (χ1v) is 13.2. The number of amides is 1. The summed E-state index contributed by atoms with van der Waals surface area (Å²) >= 11 is 7.65. The van der Waals surface area contributed by atoms with Crippen LogP contribution in [0.1, 0.15) is 25.3 Å². The zero-order valence-corrected chi connectivity index (χ0v) is 19.6. The number of benzene rings is 2. The highest BCUT2D eigenvalue weighted by molar-refractivity contribution is 8.16. The van der Waals surface area contributed by atoms with Crippen molar-refractivity contribution in [3.63, 3.8) is 0 Å². The lowest BCUT2D eigenvalue weighted by Gasteiger charge is -2.26. The molecule has 1 amide bonds. The van der Waals surface area contributed by atoms with Crippen molar-refractivity contribution >= 4 is 50.0 Å². The number of fused-ring (bicyclic) bond motifs is 1. The van der Waals surface area contributed by atoms with Gasteiger partial charge in [0.05, 0.1) is 23.2 Å². The summed E-state index contributed by atoms with van der Waals surface area (Å²) in [6.07, 6.45) is 1.04. The smallest absolute Gasteiger partial charge is 0.248 e. The van der Waals surface area contributed by atoms with Crippen molar-refractivity contribution in [1.82, 2.24) is 0 Å². The fourth-order valence-electron chi connectivity index (χ4n) is 3.79. The number of nitrogens with zero attached hydrogens (tertiary/aromatic N) is 2. The van der Waals surface area contributed by atoms with E-state index in [0.717, 1.165) is 5.56 Å². The second-order valence-corrected chi connectivity index (χ2v) is 11.5. The number of rotatable bonds is 5. The third kappa shape index (κ3) is 4.91. The summed E-state index contributed by atoms with van der Waals surface area (Å²) in [4.78, 5) is 18.4. The van der Waals surface area contributed by atoms with E-state index in [9.17, 15) is 13.2 Å². The Morgan fingerprint density at radius 1 is 1.26 bits per heavy atom. The summed E-state index contributed by atoms with van der Waals surface area (Å²) in [5, 5.41) is 0.795. The SMILES string of the molecule is CCCC(=O)N=C1S[C@H]2CS(=O)(=O)C[C@@H]2N1c1cc(Cl)ccc1Oc1cccc(C)c1. The fraction of sp³-hybridized carbons (Fsp3) is 0.364. The van der Waals surface area contributed by atoms with Gasteiger partial charge in [-0.1, -0.05) is 42.4 Å². The van der Waals surface area contributed by atoms with Crippen molar-refractivity contribution in [3.8, 4) is 11.5 Å². The number of halogens is 1. The van der Waals surface area contributed by atoms with Crippen molar-refractivity contribution in [1.29, 1.82) is 0 Å². The number of thioether (sulfide) groups is 1. The fourth-order valence-corrected chi connectivity index (χ4v) is 7.88. The first-order chi connectivity index (χ1) is 14.8. The number of aliphatic imine (C=N–C) groups is 1. The van der Waals surface area contributed by atoms with Gasteiger partial charge in [0, 0.05) is 16.7 Å². The molecule has 164 valence electrons. The first-order valence-electron chi connectivity index (χ1n) is 10.1. The maximum absolute atomic E-state index is 12.3. The second kappa shape index (κ2) is 8.84. The average molecular weight is 479 g/mol. The summed E-state index contributed by atoms with van der Waals surface area (Å²) in [5.74, 6) is 1.03. The Labute approximate surface area is 191 Å². The van der Waals surface area contributed by atoms with Gasteiger partial charge >= 0.3 is 0 Å². The normalized spacial score (nSPS) is 23.2. The Morgan fingerprint density at radius 2 is 2.06 bits per heavy atom. The summed E-state index contributed by atoms with van der Waals surface area (Å²) in [6, 6.07) is 12.5. The minimum Gasteiger partial charge on any atom is -0.455 e. The molecule has 4 rings (SSSR count). The molecule has 0 N–H and O–H groups in total. The summed E-state index contributed by atoms with van der Waals surface area (Å²) in [7, 11) is -3.17. The third-order valence-electron chi connectivity index (χ3n) is 5.15. The van der Waals surface area contributed by atoms with Gasteiger partial charge in [-0.15, -0.1) is 0 Å². The van der Waals surface area contributed by atoms with Crippen molar-refractivity contribution in [2.45, 2.75) is 38.0 Å². The zero-order chi connectivity index (χ0) is 22.2. The molecule has 0 unspecified atom stereocenters. The molecule has 0 aliphatic carbocycles. The Kier molecular flexibility index (Phi) is 6.32. The predicted molar refractivity (Wildman–Crippen MR) is 126 cm³/mol. The van der Waals surface area contributed by atoms with Crippen molar-refractivity contribution in [3.05, 3.63) is 53.1 Å². The van der Waals surface area contributed by atoms with Gasteiger partial charge in [-0.3, -0.25) is 4.79 Å². The Bertz CT molecular complexity index is 1150. The molecular formula is C22H23ClN2O4S2. The molecule has 2 fully saturated rings. The van der Waals surface area contributed by atoms with Gasteiger partial charge in [-0.05, 0) is 49.2 Å². The van der Waals surface area contributed by atoms with E-state index >= 15 is 0 Å². The van der Waals surface area contributed by atoms with E-state index in [2.05, 4.69) is 4.99 Å². The van der Waals surface area contributed by atoms with Crippen LogP contribution in [0.15, 0.2) is 47.5 Å². The van der Waals surface area contributed by atoms with E-state index in [1.165, 1.54) is 11.8 Å². The van der Waals surface area contributed by atoms with E-state index < -0.39 is 9.84 Å². The van der Waals surface area contributed by atoms with Crippen LogP contribution in [0.3, 0.4) is 0 Å². The lowest BCUT2D eigenvalue weighted by atomic mass is 10.2. The highest BCUT2D eigenvalue weighted by Gasteiger charge is 2.50. The Morgan fingerprint density at radius 3 is 2.81 bits per heavy atom. The lowest BCUT2D eigenvalue weighted by Crippen LogP contribution is -2.38. The summed E-state index contributed by atoms with van der Waals surface area (Å²) < 4.78 is 30.8. The zero-order valence-electron chi connectivity index (χ0n) is 17.2. The molecule has 2 saturated heterocycles. The van der Waals surface area contributed by atoms with E-state index in [1.807, 2.05) is 43.0 Å². The van der Waals surface area contributed by atoms with Crippen LogP contribution in [0.25, 0.3) is 0 Å². The van der Waals surface area contributed by atoms with Crippen LogP contribution in [-0.2, 0) is 14.6 Å². The Balaban J connectivity index is 1.78. The topological polar surface area (TPSA) is 76.0 Å². The number of amidine groups is 1. The number of hydrogen-bond donors (Lipinski definition) is 0. The van der Waals surface area contributed by atoms with Gasteiger partial charge < -0.3 is 9.64 Å². The van der Waals surface area contributed by atoms with Crippen molar-refractivity contribution in [2.24, 2.45) is 4.99 Å². The van der Waals surface area contributed by atoms with Gasteiger partial charge in [0.25, 0.3) is 0 Å². The summed E-state index contributed by atoms with van der Waals surface area (Å²) in [5.41, 5.74) is 1.66. The van der Waals surface area contributed by atoms with E-state index in [1.54, 1.807) is 18.2 Å². The van der Waals surface area contributed by atoms with Gasteiger partial charge in [0.2, 0.25) is 5.91 Å². The van der Waals surface area contributed by atoms with Crippen molar-refractivity contribution < 1.29 is 17.9 Å². The molecule has 2 aliphatic rings. The van der Waals surface area contributed by atoms with Gasteiger partial charge in [0.1, 0.15) is 5.75 Å². The largest absolute Gasteiger partial charge is 0.455 e. The van der Waals surface area contributed by atoms with Crippen LogP contribution in [0.5, 0.6) is 11.5 Å². The lowest BCUT2D eigenvalue weighted by molar-refractivity contribution is -0.117. The number of ether oxygens (including phenoxy) is 1. The Hall–Kier alpha value is -2.03. The molecular weight excluding hydrogens is 456 g/mol. The molecule has 2 aliphatic heterocycles. The number of carbonyl (C=O) groups excluding carboxylic acids is 1. The number of aryl methyl sites for hydroxylation is 1. The molecule has 0 bridgehead atoms. The molecule has 2 heterocycles. The second-order valence-electron chi connectivity index (χ2n) is 7.74. The predicted octanol–water partition coefficient (Wildman–Crippen LogP) is 4.84. The molecule has 2 aromatic carbocycles. The number of hydrogen-bond acceptors (Lipinski definition) is 5. The van der Waals surface area contributed by atoms with E-state index in [4.69, 9.17) is 16.3 Å². The van der Waals surface area contributed by atoms with E-state index in [-0.39, 0.29) is 28.7 Å². The highest BCUT2D eigenvalue weighted by Crippen LogP contribution is 2.45. The highest BCUT2D eigenvalue weighted by atomic mass is 35.5. The van der Waals surface area contributed by atoms with Crippen LogP contribution in [0.4, 0.5) is 5.69 Å². The van der Waals surface area contributed by atoms with Gasteiger partial charge in [-0.2, -0.15) is 4.99 Å². The maximum atomic E-state index is 12.3. The van der Waals surface area contributed by atoms with Gasteiger partial charge in [-0.25, -0.2) is 8.42 Å². The van der Waals surface area contributed by atoms with Crippen molar-refractivity contribution in [2.75, 3.05) is 16.4 Å². The van der Waals surface area contributed by atoms with Gasteiger partial charge in [0.15, 0.2) is 20.8 Å². The quantitative estimate of drug-likeness (QED) is 0.611. The standard InChI is InChI=1S/C22H23ClN2O4S2/c1-3-5-21(26)24-22-25(18-12-31(27,28)13-20(18)30-22)17-11-15(23)8-9-19(17)29-16-7-4-6-14(2)10-16/h4,6-11,18,20H,3,5,12-13H2,1-2H3/t18-,20-/m0/s1. The molecule has 0 spiro atoms. The monoisotopic (exact) mass is 478 g/mol. The van der Waals surface area contributed by atoms with Crippen LogP contribution in [-0.4, -0.2) is 42.3 Å². The molecule has 2 aromatic rings. The molecule has 6 nitrogen and oxygen atoms in total. The first kappa shape index (κ1) is 22.2. The minimum atomic E-state index is -3.17. The number of anilines is 1. The summed E-state index contributed by atoms with van der Waals surface area (Å²) in [6.45, 7) is 3.90. The molecule has 31 heavy (non-hydrogen) atoms. The molecule has 0 radical (unpaired) electrons. The van der Waals surface area contributed by atoms with E-state index in [0.29, 0.717) is 40.2 Å². The van der Waals surface area contributed by atoms with Crippen LogP contribution >= 0.6 is 23.4 Å². The average Bonchev–Trinajstić information content (AvgIpc) is 3.14. The number of sulfone groups is 1. The molecule has 0 aromatic heterocycles. The maximum Gasteiger partial charge on any atom is 0.248 e. The number of carbonyl (C=O) groups is 1. The molecule has 2 atom stereocenters. The van der Waals surface area contributed by atoms with Crippen LogP contribution in [0, 0.1) is 6.92 Å². The van der Waals surface area contributed by atoms with Crippen LogP contribution in [0.2, 0.25) is 5.02 Å². The molecule has 0 saturated carbocycles. The molecule has 9 heteroatoms.